The molecule has 0 bridgehead atoms. The van der Waals surface area contributed by atoms with Crippen molar-refractivity contribution in [2.75, 3.05) is 13.7 Å². The lowest BCUT2D eigenvalue weighted by molar-refractivity contribution is -0.142. The van der Waals surface area contributed by atoms with E-state index in [4.69, 9.17) is 4.74 Å². The van der Waals surface area contributed by atoms with Gasteiger partial charge in [0.05, 0.1) is 18.6 Å². The van der Waals surface area contributed by atoms with Gasteiger partial charge in [0.25, 0.3) is 0 Å². The number of benzene rings is 1. The molecular formula is C15H18F3NO2. The molecule has 1 aliphatic carbocycles. The highest BCUT2D eigenvalue weighted by molar-refractivity contribution is 5.78. The average molecular weight is 301 g/mol. The second kappa shape index (κ2) is 6.47. The van der Waals surface area contributed by atoms with E-state index in [1.165, 1.54) is 25.7 Å². The molecule has 0 heterocycles. The molecule has 0 aromatic heterocycles. The highest BCUT2D eigenvalue weighted by atomic mass is 19.4. The largest absolute Gasteiger partial charge is 0.469 e. The van der Waals surface area contributed by atoms with Crippen LogP contribution in [0.15, 0.2) is 24.3 Å². The first-order valence-electron chi connectivity index (χ1n) is 6.90. The van der Waals surface area contributed by atoms with Gasteiger partial charge in [0.15, 0.2) is 0 Å². The monoisotopic (exact) mass is 301 g/mol. The topological polar surface area (TPSA) is 38.3 Å². The predicted molar refractivity (Wildman–Crippen MR) is 71.8 cm³/mol. The first kappa shape index (κ1) is 15.8. The van der Waals surface area contributed by atoms with Gasteiger partial charge in [0, 0.05) is 12.6 Å². The molecule has 1 fully saturated rings. The SMILES string of the molecule is COC(=O)C(CNC1CCC1)c1ccc(C(F)(F)F)cc1. The summed E-state index contributed by atoms with van der Waals surface area (Å²) >= 11 is 0. The number of esters is 1. The Hall–Kier alpha value is -1.56. The second-order valence-electron chi connectivity index (χ2n) is 5.23. The molecule has 2 rings (SSSR count). The molecule has 0 spiro atoms. The van der Waals surface area contributed by atoms with Crippen molar-refractivity contribution in [3.63, 3.8) is 0 Å². The standard InChI is InChI=1S/C15H18F3NO2/c1-21-14(20)13(9-19-12-3-2-4-12)10-5-7-11(8-6-10)15(16,17)18/h5-8,12-13,19H,2-4,9H2,1H3. The van der Waals surface area contributed by atoms with Crippen LogP contribution in [0.25, 0.3) is 0 Å². The molecule has 0 radical (unpaired) electrons. The smallest absolute Gasteiger partial charge is 0.416 e. The van der Waals surface area contributed by atoms with E-state index in [1.54, 1.807) is 0 Å². The van der Waals surface area contributed by atoms with Crippen LogP contribution in [0.1, 0.15) is 36.3 Å². The number of hydrogen-bond donors (Lipinski definition) is 1. The third-order valence-electron chi connectivity index (χ3n) is 3.84. The van der Waals surface area contributed by atoms with E-state index in [1.807, 2.05) is 0 Å². The Morgan fingerprint density at radius 3 is 2.38 bits per heavy atom. The van der Waals surface area contributed by atoms with E-state index < -0.39 is 23.6 Å². The van der Waals surface area contributed by atoms with E-state index in [0.29, 0.717) is 18.2 Å². The maximum atomic E-state index is 12.5. The third-order valence-corrected chi connectivity index (χ3v) is 3.84. The molecule has 1 aliphatic rings. The summed E-state index contributed by atoms with van der Waals surface area (Å²) in [6.07, 6.45) is -1.06. The molecule has 1 saturated carbocycles. The number of methoxy groups -OCH3 is 1. The highest BCUT2D eigenvalue weighted by Crippen LogP contribution is 2.30. The summed E-state index contributed by atoms with van der Waals surface area (Å²) in [5.41, 5.74) is -0.191. The Kier molecular flexibility index (Phi) is 4.88. The minimum Gasteiger partial charge on any atom is -0.469 e. The lowest BCUT2D eigenvalue weighted by Gasteiger charge is -2.28. The second-order valence-corrected chi connectivity index (χ2v) is 5.23. The van der Waals surface area contributed by atoms with Gasteiger partial charge < -0.3 is 10.1 Å². The van der Waals surface area contributed by atoms with Crippen LogP contribution in [0.4, 0.5) is 13.2 Å². The molecule has 1 unspecified atom stereocenters. The molecule has 116 valence electrons. The van der Waals surface area contributed by atoms with Crippen molar-refractivity contribution in [1.82, 2.24) is 5.32 Å². The van der Waals surface area contributed by atoms with Crippen molar-refractivity contribution < 1.29 is 22.7 Å². The lowest BCUT2D eigenvalue weighted by atomic mass is 9.91. The van der Waals surface area contributed by atoms with Gasteiger partial charge in [-0.05, 0) is 30.5 Å². The van der Waals surface area contributed by atoms with Crippen molar-refractivity contribution in [3.8, 4) is 0 Å². The maximum Gasteiger partial charge on any atom is 0.416 e. The van der Waals surface area contributed by atoms with Gasteiger partial charge in [-0.1, -0.05) is 18.6 Å². The van der Waals surface area contributed by atoms with E-state index in [0.717, 1.165) is 25.0 Å². The summed E-state index contributed by atoms with van der Waals surface area (Å²) in [6.45, 7) is 0.378. The van der Waals surface area contributed by atoms with Gasteiger partial charge in [0.1, 0.15) is 0 Å². The van der Waals surface area contributed by atoms with E-state index in [2.05, 4.69) is 5.32 Å². The van der Waals surface area contributed by atoms with Gasteiger partial charge >= 0.3 is 12.1 Å². The highest BCUT2D eigenvalue weighted by Gasteiger charge is 2.31. The minimum absolute atomic E-state index is 0.378. The molecule has 0 saturated heterocycles. The first-order valence-corrected chi connectivity index (χ1v) is 6.90. The first-order chi connectivity index (χ1) is 9.91. The summed E-state index contributed by atoms with van der Waals surface area (Å²) in [7, 11) is 1.28. The number of alkyl halides is 3. The maximum absolute atomic E-state index is 12.5. The molecule has 0 amide bonds. The lowest BCUT2D eigenvalue weighted by Crippen LogP contribution is -2.39. The molecule has 21 heavy (non-hydrogen) atoms. The van der Waals surface area contributed by atoms with Crippen molar-refractivity contribution in [2.24, 2.45) is 0 Å². The van der Waals surface area contributed by atoms with E-state index in [9.17, 15) is 18.0 Å². The fourth-order valence-electron chi connectivity index (χ4n) is 2.28. The molecule has 1 atom stereocenters. The number of carbonyl (C=O) groups excluding carboxylic acids is 1. The number of hydrogen-bond acceptors (Lipinski definition) is 3. The van der Waals surface area contributed by atoms with Gasteiger partial charge in [-0.2, -0.15) is 13.2 Å². The number of nitrogens with one attached hydrogen (secondary N) is 1. The summed E-state index contributed by atoms with van der Waals surface area (Å²) in [6, 6.07) is 5.06. The van der Waals surface area contributed by atoms with Crippen LogP contribution in [-0.2, 0) is 15.7 Å². The normalized spacial score (nSPS) is 17.1. The Labute approximate surface area is 121 Å². The Bertz CT molecular complexity index is 481. The van der Waals surface area contributed by atoms with Crippen LogP contribution in [0, 0.1) is 0 Å². The van der Waals surface area contributed by atoms with Gasteiger partial charge in [-0.15, -0.1) is 0 Å². The van der Waals surface area contributed by atoms with Crippen molar-refractivity contribution in [3.05, 3.63) is 35.4 Å². The molecule has 6 heteroatoms. The molecule has 1 aromatic rings. The van der Waals surface area contributed by atoms with Gasteiger partial charge in [-0.25, -0.2) is 0 Å². The number of carbonyl (C=O) groups is 1. The van der Waals surface area contributed by atoms with Crippen LogP contribution in [-0.4, -0.2) is 25.7 Å². The number of rotatable bonds is 5. The summed E-state index contributed by atoms with van der Waals surface area (Å²) in [5.74, 6) is -1.03. The van der Waals surface area contributed by atoms with Crippen molar-refractivity contribution in [1.29, 1.82) is 0 Å². The number of ether oxygens (including phenoxy) is 1. The van der Waals surface area contributed by atoms with E-state index >= 15 is 0 Å². The Morgan fingerprint density at radius 1 is 1.33 bits per heavy atom. The zero-order valence-electron chi connectivity index (χ0n) is 11.7. The van der Waals surface area contributed by atoms with Crippen molar-refractivity contribution >= 4 is 5.97 Å². The van der Waals surface area contributed by atoms with Crippen LogP contribution in [0.3, 0.4) is 0 Å². The number of halogens is 3. The van der Waals surface area contributed by atoms with Crippen LogP contribution in [0.5, 0.6) is 0 Å². The van der Waals surface area contributed by atoms with Gasteiger partial charge in [-0.3, -0.25) is 4.79 Å². The van der Waals surface area contributed by atoms with E-state index in [-0.39, 0.29) is 0 Å². The summed E-state index contributed by atoms with van der Waals surface area (Å²) < 4.78 is 42.4. The molecule has 1 aromatic carbocycles. The predicted octanol–water partition coefficient (Wildman–Crippen LogP) is 3.10. The Balaban J connectivity index is 2.09. The molecule has 1 N–H and O–H groups in total. The zero-order valence-corrected chi connectivity index (χ0v) is 11.7. The van der Waals surface area contributed by atoms with Crippen LogP contribution >= 0.6 is 0 Å². The fourth-order valence-corrected chi connectivity index (χ4v) is 2.28. The quantitative estimate of drug-likeness (QED) is 0.849. The van der Waals surface area contributed by atoms with Crippen molar-refractivity contribution in [2.45, 2.75) is 37.4 Å². The van der Waals surface area contributed by atoms with Crippen LogP contribution < -0.4 is 5.32 Å². The summed E-state index contributed by atoms with van der Waals surface area (Å²) in [4.78, 5) is 11.8. The third kappa shape index (κ3) is 3.97. The minimum atomic E-state index is -4.37. The molecule has 3 nitrogen and oxygen atoms in total. The molecular weight excluding hydrogens is 283 g/mol. The van der Waals surface area contributed by atoms with Gasteiger partial charge in [0.2, 0.25) is 0 Å². The van der Waals surface area contributed by atoms with Crippen LogP contribution in [0.2, 0.25) is 0 Å². The average Bonchev–Trinajstić information content (AvgIpc) is 2.40. The summed E-state index contributed by atoms with van der Waals surface area (Å²) in [5, 5.41) is 3.25. The Morgan fingerprint density at radius 2 is 1.95 bits per heavy atom. The molecule has 0 aliphatic heterocycles. The fraction of sp³-hybridized carbons (Fsp3) is 0.533. The zero-order chi connectivity index (χ0) is 15.5.